The van der Waals surface area contributed by atoms with Gasteiger partial charge in [-0.25, -0.2) is 0 Å². The number of benzene rings is 1. The molecule has 2 heteroatoms. The molecule has 1 aromatic carbocycles. The summed E-state index contributed by atoms with van der Waals surface area (Å²) in [4.78, 5) is 4.47. The van der Waals surface area contributed by atoms with Crippen molar-refractivity contribution in [3.63, 3.8) is 0 Å². The fraction of sp³-hybridized carbons (Fsp3) is 0.500. The highest BCUT2D eigenvalue weighted by Gasteiger charge is 2.10. The summed E-state index contributed by atoms with van der Waals surface area (Å²) in [5.74, 6) is 0. The number of rotatable bonds is 8. The number of hydrogen-bond donors (Lipinski definition) is 1. The number of nitrogens with one attached hydrogen (secondary N) is 1. The van der Waals surface area contributed by atoms with E-state index in [9.17, 15) is 0 Å². The zero-order valence-corrected chi connectivity index (χ0v) is 12.7. The van der Waals surface area contributed by atoms with Gasteiger partial charge in [0.25, 0.3) is 0 Å². The third-order valence-corrected chi connectivity index (χ3v) is 3.83. The lowest BCUT2D eigenvalue weighted by Crippen LogP contribution is -2.20. The molecular formula is C18H26N2. The monoisotopic (exact) mass is 270 g/mol. The molecule has 2 rings (SSSR count). The Morgan fingerprint density at radius 3 is 2.80 bits per heavy atom. The van der Waals surface area contributed by atoms with E-state index < -0.39 is 0 Å². The van der Waals surface area contributed by atoms with Gasteiger partial charge in [0.1, 0.15) is 0 Å². The Labute approximate surface area is 122 Å². The summed E-state index contributed by atoms with van der Waals surface area (Å²) >= 11 is 0. The predicted molar refractivity (Wildman–Crippen MR) is 86.9 cm³/mol. The normalized spacial score (nSPS) is 12.7. The minimum absolute atomic E-state index is 0.461. The highest BCUT2D eigenvalue weighted by Crippen LogP contribution is 2.23. The van der Waals surface area contributed by atoms with Crippen LogP contribution >= 0.6 is 0 Å². The van der Waals surface area contributed by atoms with E-state index in [0.717, 1.165) is 12.1 Å². The van der Waals surface area contributed by atoms with Gasteiger partial charge >= 0.3 is 0 Å². The van der Waals surface area contributed by atoms with Gasteiger partial charge in [-0.1, -0.05) is 57.7 Å². The first-order valence-electron chi connectivity index (χ1n) is 7.93. The Hall–Kier alpha value is -1.41. The molecule has 2 aromatic rings. The first-order chi connectivity index (χ1) is 9.85. The highest BCUT2D eigenvalue weighted by atomic mass is 14.9. The van der Waals surface area contributed by atoms with Crippen LogP contribution in [-0.2, 0) is 0 Å². The van der Waals surface area contributed by atoms with Crippen LogP contribution in [0.3, 0.4) is 0 Å². The molecule has 0 radical (unpaired) electrons. The SMILES string of the molecule is CCCCCCC(NCC)c1ccc2cccnc2c1. The summed E-state index contributed by atoms with van der Waals surface area (Å²) in [5.41, 5.74) is 2.47. The zero-order chi connectivity index (χ0) is 14.2. The lowest BCUT2D eigenvalue weighted by Gasteiger charge is -2.18. The number of unbranched alkanes of at least 4 members (excludes halogenated alkanes) is 3. The van der Waals surface area contributed by atoms with Gasteiger partial charge in [-0.2, -0.15) is 0 Å². The van der Waals surface area contributed by atoms with Crippen molar-refractivity contribution in [3.05, 3.63) is 42.1 Å². The maximum Gasteiger partial charge on any atom is 0.0705 e. The molecule has 0 saturated heterocycles. The zero-order valence-electron chi connectivity index (χ0n) is 12.7. The molecule has 0 saturated carbocycles. The number of fused-ring (bicyclic) bond motifs is 1. The molecule has 20 heavy (non-hydrogen) atoms. The van der Waals surface area contributed by atoms with E-state index in [1.165, 1.54) is 43.1 Å². The number of aromatic nitrogens is 1. The molecule has 0 amide bonds. The summed E-state index contributed by atoms with van der Waals surface area (Å²) < 4.78 is 0. The molecular weight excluding hydrogens is 244 g/mol. The van der Waals surface area contributed by atoms with Crippen LogP contribution in [0.15, 0.2) is 36.5 Å². The van der Waals surface area contributed by atoms with Crippen molar-refractivity contribution in [3.8, 4) is 0 Å². The lowest BCUT2D eigenvalue weighted by atomic mass is 9.98. The molecule has 1 unspecified atom stereocenters. The van der Waals surface area contributed by atoms with Gasteiger partial charge in [0, 0.05) is 17.6 Å². The molecule has 0 aliphatic heterocycles. The molecule has 2 nitrogen and oxygen atoms in total. The van der Waals surface area contributed by atoms with Crippen molar-refractivity contribution in [2.24, 2.45) is 0 Å². The Bertz CT molecular complexity index is 522. The van der Waals surface area contributed by atoms with Crippen molar-refractivity contribution >= 4 is 10.9 Å². The molecule has 1 atom stereocenters. The standard InChI is InChI=1S/C18H26N2/c1-3-5-6-7-10-17(19-4-2)16-12-11-15-9-8-13-20-18(15)14-16/h8-9,11-14,17,19H,3-7,10H2,1-2H3. The molecule has 1 N–H and O–H groups in total. The fourth-order valence-electron chi connectivity index (χ4n) is 2.71. The second-order valence-electron chi connectivity index (χ2n) is 5.42. The van der Waals surface area contributed by atoms with Crippen LogP contribution in [0.2, 0.25) is 0 Å². The van der Waals surface area contributed by atoms with Gasteiger partial charge in [0.2, 0.25) is 0 Å². The van der Waals surface area contributed by atoms with E-state index in [-0.39, 0.29) is 0 Å². The minimum Gasteiger partial charge on any atom is -0.310 e. The number of hydrogen-bond acceptors (Lipinski definition) is 2. The fourth-order valence-corrected chi connectivity index (χ4v) is 2.71. The minimum atomic E-state index is 0.461. The van der Waals surface area contributed by atoms with Gasteiger partial charge < -0.3 is 5.32 Å². The van der Waals surface area contributed by atoms with E-state index in [1.54, 1.807) is 0 Å². The van der Waals surface area contributed by atoms with Crippen molar-refractivity contribution < 1.29 is 0 Å². The van der Waals surface area contributed by atoms with Crippen molar-refractivity contribution in [1.82, 2.24) is 10.3 Å². The van der Waals surface area contributed by atoms with E-state index in [0.29, 0.717) is 6.04 Å². The van der Waals surface area contributed by atoms with Gasteiger partial charge in [-0.05, 0) is 30.7 Å². The molecule has 108 valence electrons. The summed E-state index contributed by atoms with van der Waals surface area (Å²) in [7, 11) is 0. The Morgan fingerprint density at radius 1 is 1.10 bits per heavy atom. The molecule has 0 bridgehead atoms. The topological polar surface area (TPSA) is 24.9 Å². The molecule has 1 aromatic heterocycles. The first kappa shape index (κ1) is 15.0. The maximum absolute atomic E-state index is 4.47. The summed E-state index contributed by atoms with van der Waals surface area (Å²) in [5, 5.41) is 4.83. The van der Waals surface area contributed by atoms with E-state index >= 15 is 0 Å². The Kier molecular flexibility index (Phi) is 6.00. The number of pyridine rings is 1. The van der Waals surface area contributed by atoms with Crippen LogP contribution < -0.4 is 5.32 Å². The van der Waals surface area contributed by atoms with Gasteiger partial charge in [-0.3, -0.25) is 4.98 Å². The average molecular weight is 270 g/mol. The van der Waals surface area contributed by atoms with Crippen molar-refractivity contribution in [2.75, 3.05) is 6.54 Å². The lowest BCUT2D eigenvalue weighted by molar-refractivity contribution is 0.482. The third-order valence-electron chi connectivity index (χ3n) is 3.83. The molecule has 0 aliphatic carbocycles. The largest absolute Gasteiger partial charge is 0.310 e. The molecule has 0 spiro atoms. The van der Waals surface area contributed by atoms with Crippen LogP contribution in [0.25, 0.3) is 10.9 Å². The summed E-state index contributed by atoms with van der Waals surface area (Å²) in [6.07, 6.45) is 8.36. The van der Waals surface area contributed by atoms with Crippen LogP contribution in [0.1, 0.15) is 57.6 Å². The van der Waals surface area contributed by atoms with E-state index in [4.69, 9.17) is 0 Å². The van der Waals surface area contributed by atoms with Crippen LogP contribution in [-0.4, -0.2) is 11.5 Å². The van der Waals surface area contributed by atoms with Crippen LogP contribution in [0.5, 0.6) is 0 Å². The predicted octanol–water partition coefficient (Wildman–Crippen LogP) is 4.86. The molecule has 1 heterocycles. The van der Waals surface area contributed by atoms with E-state index in [2.05, 4.69) is 48.4 Å². The van der Waals surface area contributed by atoms with Crippen LogP contribution in [0, 0.1) is 0 Å². The Balaban J connectivity index is 2.09. The summed E-state index contributed by atoms with van der Waals surface area (Å²) in [6, 6.07) is 11.3. The Morgan fingerprint density at radius 2 is 2.00 bits per heavy atom. The van der Waals surface area contributed by atoms with E-state index in [1.807, 2.05) is 12.3 Å². The van der Waals surface area contributed by atoms with Crippen molar-refractivity contribution in [1.29, 1.82) is 0 Å². The second-order valence-corrected chi connectivity index (χ2v) is 5.42. The summed E-state index contributed by atoms with van der Waals surface area (Å²) in [6.45, 7) is 5.45. The smallest absolute Gasteiger partial charge is 0.0705 e. The van der Waals surface area contributed by atoms with Crippen LogP contribution in [0.4, 0.5) is 0 Å². The molecule has 0 aliphatic rings. The average Bonchev–Trinajstić information content (AvgIpc) is 2.50. The second kappa shape index (κ2) is 8.01. The van der Waals surface area contributed by atoms with Gasteiger partial charge in [0.15, 0.2) is 0 Å². The van der Waals surface area contributed by atoms with Gasteiger partial charge in [-0.15, -0.1) is 0 Å². The third kappa shape index (κ3) is 4.04. The first-order valence-corrected chi connectivity index (χ1v) is 7.93. The quantitative estimate of drug-likeness (QED) is 0.693. The molecule has 0 fully saturated rings. The number of nitrogens with zero attached hydrogens (tertiary/aromatic N) is 1. The maximum atomic E-state index is 4.47. The van der Waals surface area contributed by atoms with Crippen molar-refractivity contribution in [2.45, 2.75) is 52.0 Å². The highest BCUT2D eigenvalue weighted by molar-refractivity contribution is 5.78. The van der Waals surface area contributed by atoms with Gasteiger partial charge in [0.05, 0.1) is 5.52 Å².